The lowest BCUT2D eigenvalue weighted by atomic mass is 10.1. The molecule has 0 radical (unpaired) electrons. The fourth-order valence-corrected chi connectivity index (χ4v) is 2.30. The number of aryl methyl sites for hydroxylation is 1. The summed E-state index contributed by atoms with van der Waals surface area (Å²) in [5.41, 5.74) is 3.10. The van der Waals surface area contributed by atoms with Crippen LogP contribution in [0.4, 0.5) is 4.39 Å². The van der Waals surface area contributed by atoms with E-state index in [1.807, 2.05) is 31.0 Å². The molecule has 0 amide bonds. The zero-order chi connectivity index (χ0) is 17.0. The standard InChI is InChI=1S/C15H21FN2.C2H6.C2H4/c1-3-4-5-15-10-13(6-8-17-15)12(2)18-9-7-14(16)11-18;2*1-2/h6,8,10,14H,2-5,7,9,11H2,1H3;1-2H3;1-2H2. The van der Waals surface area contributed by atoms with Crippen molar-refractivity contribution in [3.8, 4) is 0 Å². The van der Waals surface area contributed by atoms with E-state index in [-0.39, 0.29) is 0 Å². The largest absolute Gasteiger partial charge is 0.369 e. The molecule has 0 N–H and O–H groups in total. The van der Waals surface area contributed by atoms with Crippen molar-refractivity contribution < 1.29 is 4.39 Å². The average Bonchev–Trinajstić information content (AvgIpc) is 3.02. The summed E-state index contributed by atoms with van der Waals surface area (Å²) in [7, 11) is 0. The molecule has 1 atom stereocenters. The Morgan fingerprint density at radius 3 is 2.64 bits per heavy atom. The molecule has 0 saturated carbocycles. The molecule has 1 aromatic rings. The van der Waals surface area contributed by atoms with Crippen LogP contribution in [0.1, 0.15) is 51.3 Å². The smallest absolute Gasteiger partial charge is 0.119 e. The van der Waals surface area contributed by atoms with Crippen LogP contribution in [-0.4, -0.2) is 29.1 Å². The Bertz CT molecular complexity index is 431. The Labute approximate surface area is 135 Å². The minimum absolute atomic E-state index is 0.478. The molecule has 0 aromatic carbocycles. The third-order valence-corrected chi connectivity index (χ3v) is 3.45. The second-order valence-electron chi connectivity index (χ2n) is 4.92. The lowest BCUT2D eigenvalue weighted by molar-refractivity contribution is 0.338. The Hall–Kier alpha value is -1.64. The van der Waals surface area contributed by atoms with E-state index in [0.717, 1.165) is 36.3 Å². The summed E-state index contributed by atoms with van der Waals surface area (Å²) in [6.07, 6.45) is 5.06. The highest BCUT2D eigenvalue weighted by Crippen LogP contribution is 2.24. The van der Waals surface area contributed by atoms with Gasteiger partial charge in [-0.1, -0.05) is 33.8 Å². The zero-order valence-corrected chi connectivity index (χ0v) is 14.4. The van der Waals surface area contributed by atoms with Crippen molar-refractivity contribution in [3.63, 3.8) is 0 Å². The first-order valence-electron chi connectivity index (χ1n) is 8.24. The number of aromatic nitrogens is 1. The molecule has 2 rings (SSSR count). The monoisotopic (exact) mass is 306 g/mol. The van der Waals surface area contributed by atoms with E-state index < -0.39 is 6.17 Å². The quantitative estimate of drug-likeness (QED) is 0.689. The van der Waals surface area contributed by atoms with Crippen LogP contribution in [0.2, 0.25) is 0 Å². The molecule has 22 heavy (non-hydrogen) atoms. The Morgan fingerprint density at radius 2 is 2.09 bits per heavy atom. The van der Waals surface area contributed by atoms with Crippen LogP contribution in [0.15, 0.2) is 38.1 Å². The molecule has 1 aliphatic rings. The number of unbranched alkanes of at least 4 members (excludes halogenated alkanes) is 1. The molecule has 2 nitrogen and oxygen atoms in total. The van der Waals surface area contributed by atoms with Crippen LogP contribution in [0, 0.1) is 0 Å². The molecule has 1 aromatic heterocycles. The van der Waals surface area contributed by atoms with Crippen molar-refractivity contribution >= 4 is 5.70 Å². The number of hydrogen-bond acceptors (Lipinski definition) is 2. The van der Waals surface area contributed by atoms with Gasteiger partial charge in [0, 0.05) is 36.2 Å². The number of rotatable bonds is 5. The van der Waals surface area contributed by atoms with Crippen LogP contribution < -0.4 is 0 Å². The van der Waals surface area contributed by atoms with Crippen LogP contribution in [0.3, 0.4) is 0 Å². The van der Waals surface area contributed by atoms with E-state index >= 15 is 0 Å². The topological polar surface area (TPSA) is 16.1 Å². The molecule has 1 aliphatic heterocycles. The molecule has 0 aliphatic carbocycles. The maximum absolute atomic E-state index is 13.2. The van der Waals surface area contributed by atoms with Crippen LogP contribution in [-0.2, 0) is 6.42 Å². The Kier molecular flexibility index (Phi) is 11.1. The maximum atomic E-state index is 13.2. The fourth-order valence-electron chi connectivity index (χ4n) is 2.30. The van der Waals surface area contributed by atoms with E-state index in [0.29, 0.717) is 13.0 Å². The molecular formula is C19H31FN2. The summed E-state index contributed by atoms with van der Waals surface area (Å²) in [5.74, 6) is 0. The molecule has 2 heterocycles. The van der Waals surface area contributed by atoms with Gasteiger partial charge in [0.2, 0.25) is 0 Å². The second-order valence-corrected chi connectivity index (χ2v) is 4.92. The molecular weight excluding hydrogens is 275 g/mol. The number of pyridine rings is 1. The van der Waals surface area contributed by atoms with Gasteiger partial charge in [-0.15, -0.1) is 13.2 Å². The van der Waals surface area contributed by atoms with Crippen molar-refractivity contribution in [2.45, 2.75) is 52.6 Å². The minimum Gasteiger partial charge on any atom is -0.369 e. The normalized spacial score (nSPS) is 16.2. The maximum Gasteiger partial charge on any atom is 0.119 e. The summed E-state index contributed by atoms with van der Waals surface area (Å²) in [6, 6.07) is 4.05. The highest BCUT2D eigenvalue weighted by molar-refractivity contribution is 5.62. The van der Waals surface area contributed by atoms with Gasteiger partial charge in [-0.2, -0.15) is 0 Å². The minimum atomic E-state index is -0.705. The van der Waals surface area contributed by atoms with Crippen molar-refractivity contribution in [2.24, 2.45) is 0 Å². The highest BCUT2D eigenvalue weighted by atomic mass is 19.1. The first kappa shape index (κ1) is 20.4. The van der Waals surface area contributed by atoms with Crippen molar-refractivity contribution in [1.82, 2.24) is 9.88 Å². The molecule has 1 unspecified atom stereocenters. The molecule has 0 bridgehead atoms. The van der Waals surface area contributed by atoms with Gasteiger partial charge in [-0.3, -0.25) is 4.98 Å². The van der Waals surface area contributed by atoms with E-state index in [4.69, 9.17) is 0 Å². The lowest BCUT2D eigenvalue weighted by Gasteiger charge is -2.20. The van der Waals surface area contributed by atoms with Gasteiger partial charge in [0.1, 0.15) is 6.17 Å². The molecule has 124 valence electrons. The highest BCUT2D eigenvalue weighted by Gasteiger charge is 2.23. The van der Waals surface area contributed by atoms with Crippen LogP contribution in [0.5, 0.6) is 0 Å². The van der Waals surface area contributed by atoms with Gasteiger partial charge in [0.25, 0.3) is 0 Å². The van der Waals surface area contributed by atoms with E-state index in [1.54, 1.807) is 0 Å². The van der Waals surface area contributed by atoms with Crippen LogP contribution in [0.25, 0.3) is 5.70 Å². The number of hydrogen-bond donors (Lipinski definition) is 0. The van der Waals surface area contributed by atoms with E-state index in [2.05, 4.69) is 37.7 Å². The zero-order valence-electron chi connectivity index (χ0n) is 14.4. The fraction of sp³-hybridized carbons (Fsp3) is 0.526. The van der Waals surface area contributed by atoms with Crippen molar-refractivity contribution in [3.05, 3.63) is 49.3 Å². The molecule has 3 heteroatoms. The Morgan fingerprint density at radius 1 is 1.41 bits per heavy atom. The summed E-state index contributed by atoms with van der Waals surface area (Å²) in [4.78, 5) is 6.40. The average molecular weight is 306 g/mol. The Balaban J connectivity index is 0.00000102. The van der Waals surface area contributed by atoms with Gasteiger partial charge in [-0.25, -0.2) is 4.39 Å². The van der Waals surface area contributed by atoms with E-state index in [9.17, 15) is 4.39 Å². The third-order valence-electron chi connectivity index (χ3n) is 3.45. The van der Waals surface area contributed by atoms with Crippen LogP contribution >= 0.6 is 0 Å². The van der Waals surface area contributed by atoms with E-state index in [1.165, 1.54) is 6.42 Å². The molecule has 1 fully saturated rings. The predicted octanol–water partition coefficient (Wildman–Crippen LogP) is 5.27. The van der Waals surface area contributed by atoms with Gasteiger partial charge in [0.05, 0.1) is 0 Å². The predicted molar refractivity (Wildman–Crippen MR) is 95.6 cm³/mol. The molecule has 0 spiro atoms. The van der Waals surface area contributed by atoms with Gasteiger partial charge < -0.3 is 4.90 Å². The second kappa shape index (κ2) is 12.0. The SMILES string of the molecule is C=C.C=C(c1ccnc(CCCC)c1)N1CCC(F)C1.CC. The van der Waals surface area contributed by atoms with Gasteiger partial charge in [0.15, 0.2) is 0 Å². The van der Waals surface area contributed by atoms with Gasteiger partial charge >= 0.3 is 0 Å². The number of nitrogens with zero attached hydrogens (tertiary/aromatic N) is 2. The lowest BCUT2D eigenvalue weighted by Crippen LogP contribution is -2.18. The first-order chi connectivity index (χ1) is 10.7. The van der Waals surface area contributed by atoms with Gasteiger partial charge in [-0.05, 0) is 31.4 Å². The third kappa shape index (κ3) is 6.42. The molecule has 1 saturated heterocycles. The number of halogens is 1. The number of likely N-dealkylation sites (tertiary alicyclic amines) is 1. The number of alkyl halides is 1. The summed E-state index contributed by atoms with van der Waals surface area (Å²) in [6.45, 7) is 17.5. The summed E-state index contributed by atoms with van der Waals surface area (Å²) >= 11 is 0. The van der Waals surface area contributed by atoms with Crippen molar-refractivity contribution in [1.29, 1.82) is 0 Å². The first-order valence-corrected chi connectivity index (χ1v) is 8.24. The van der Waals surface area contributed by atoms with Crippen molar-refractivity contribution in [2.75, 3.05) is 13.1 Å². The summed E-state index contributed by atoms with van der Waals surface area (Å²) in [5, 5.41) is 0. The summed E-state index contributed by atoms with van der Waals surface area (Å²) < 4.78 is 13.2.